The molecule has 0 aromatic carbocycles. The summed E-state index contributed by atoms with van der Waals surface area (Å²) in [6.45, 7) is 9.70. The fourth-order valence-corrected chi connectivity index (χ4v) is 15.5. The van der Waals surface area contributed by atoms with Crippen molar-refractivity contribution in [3.8, 4) is 0 Å². The van der Waals surface area contributed by atoms with Crippen molar-refractivity contribution in [3.63, 3.8) is 0 Å². The van der Waals surface area contributed by atoms with E-state index in [1.165, 1.54) is 289 Å². The second kappa shape index (κ2) is 80.3. The molecule has 642 valence electrons. The first-order valence-electron chi connectivity index (χ1n) is 46.0. The number of hydrogen-bond donors (Lipinski definition) is 3. The van der Waals surface area contributed by atoms with Crippen molar-refractivity contribution in [2.75, 3.05) is 39.6 Å². The Labute approximate surface area is 664 Å². The van der Waals surface area contributed by atoms with E-state index in [0.29, 0.717) is 25.7 Å². The first-order chi connectivity index (χ1) is 52.4. The van der Waals surface area contributed by atoms with E-state index in [0.717, 1.165) is 108 Å². The smallest absolute Gasteiger partial charge is 0.462 e. The summed E-state index contributed by atoms with van der Waals surface area (Å²) in [5, 5.41) is 10.7. The average Bonchev–Trinajstić information content (AvgIpc) is 0.896. The van der Waals surface area contributed by atoms with Gasteiger partial charge >= 0.3 is 39.5 Å². The Morgan fingerprint density at radius 1 is 0.269 bits per heavy atom. The predicted molar refractivity (Wildman–Crippen MR) is 446 cm³/mol. The van der Waals surface area contributed by atoms with Crippen LogP contribution in [0.1, 0.15) is 478 Å². The summed E-state index contributed by atoms with van der Waals surface area (Å²) >= 11 is 0. The lowest BCUT2D eigenvalue weighted by Crippen LogP contribution is -2.30. The maximum absolute atomic E-state index is 13.1. The highest BCUT2D eigenvalue weighted by Crippen LogP contribution is 2.45. The summed E-state index contributed by atoms with van der Waals surface area (Å²) in [4.78, 5) is 73.0. The zero-order chi connectivity index (χ0) is 79.2. The van der Waals surface area contributed by atoms with E-state index >= 15 is 0 Å². The van der Waals surface area contributed by atoms with Crippen molar-refractivity contribution < 1.29 is 80.2 Å². The van der Waals surface area contributed by atoms with E-state index in [1.54, 1.807) is 0 Å². The number of esters is 4. The van der Waals surface area contributed by atoms with Gasteiger partial charge in [-0.2, -0.15) is 0 Å². The highest BCUT2D eigenvalue weighted by Gasteiger charge is 2.31. The monoisotopic (exact) mass is 1580 g/mol. The second-order valence-electron chi connectivity index (χ2n) is 32.7. The van der Waals surface area contributed by atoms with Gasteiger partial charge in [0.25, 0.3) is 0 Å². The van der Waals surface area contributed by atoms with Crippen LogP contribution in [-0.4, -0.2) is 96.7 Å². The Balaban J connectivity index is 5.08. The molecule has 0 radical (unpaired) electrons. The highest BCUT2D eigenvalue weighted by atomic mass is 31.2. The lowest BCUT2D eigenvalue weighted by atomic mass is 9.99. The lowest BCUT2D eigenvalue weighted by Gasteiger charge is -2.21. The van der Waals surface area contributed by atoms with E-state index in [9.17, 15) is 43.2 Å². The minimum atomic E-state index is -4.96. The number of ether oxygens (including phenoxy) is 4. The molecule has 0 rings (SSSR count). The Morgan fingerprint density at radius 3 is 0.704 bits per heavy atom. The van der Waals surface area contributed by atoms with E-state index in [-0.39, 0.29) is 25.7 Å². The van der Waals surface area contributed by atoms with Gasteiger partial charge in [0.05, 0.1) is 26.4 Å². The second-order valence-corrected chi connectivity index (χ2v) is 35.6. The van der Waals surface area contributed by atoms with Crippen molar-refractivity contribution in [3.05, 3.63) is 0 Å². The van der Waals surface area contributed by atoms with Gasteiger partial charge in [-0.15, -0.1) is 0 Å². The maximum Gasteiger partial charge on any atom is 0.472 e. The number of phosphoric ester groups is 2. The van der Waals surface area contributed by atoms with E-state index in [4.69, 9.17) is 37.0 Å². The van der Waals surface area contributed by atoms with Gasteiger partial charge in [-0.3, -0.25) is 37.3 Å². The van der Waals surface area contributed by atoms with Gasteiger partial charge in [-0.05, 0) is 37.5 Å². The molecule has 3 unspecified atom stereocenters. The fourth-order valence-electron chi connectivity index (χ4n) is 13.9. The Morgan fingerprint density at radius 2 is 0.472 bits per heavy atom. The number of carbonyl (C=O) groups is 4. The number of hydrogen-bond acceptors (Lipinski definition) is 15. The van der Waals surface area contributed by atoms with Gasteiger partial charge in [-0.1, -0.05) is 427 Å². The fraction of sp³-hybridized carbons (Fsp3) is 0.955. The molecule has 0 aliphatic rings. The molecule has 0 aliphatic heterocycles. The first kappa shape index (κ1) is 106. The summed E-state index contributed by atoms with van der Waals surface area (Å²) < 4.78 is 68.7. The van der Waals surface area contributed by atoms with Crippen LogP contribution in [0.3, 0.4) is 0 Å². The lowest BCUT2D eigenvalue weighted by molar-refractivity contribution is -0.161. The van der Waals surface area contributed by atoms with E-state index in [1.807, 2.05) is 0 Å². The molecule has 0 fully saturated rings. The highest BCUT2D eigenvalue weighted by molar-refractivity contribution is 7.47. The van der Waals surface area contributed by atoms with Gasteiger partial charge in [0.15, 0.2) is 12.2 Å². The molecular formula is C89H174O17P2. The molecule has 0 bridgehead atoms. The Hall–Kier alpha value is -1.94. The topological polar surface area (TPSA) is 237 Å². The SMILES string of the molecule is CCCCCCCCCCCCCCCCCCCCCCC(=O)O[C@H](COC(=O)CCCCCCC)COP(=O)(O)OC[C@H](O)COP(=O)(O)OC[C@@H](COC(=O)CCCCCCCCCCCCCCCCCCCCC(C)C)OC(=O)CCCCCCCCCCCCCCCCCCCCC(C)CC. The van der Waals surface area contributed by atoms with Crippen molar-refractivity contribution >= 4 is 39.5 Å². The molecular weight excluding hydrogens is 1400 g/mol. The van der Waals surface area contributed by atoms with Crippen LogP contribution in [0.2, 0.25) is 0 Å². The number of unbranched alkanes of at least 4 members (excludes halogenated alkanes) is 57. The summed E-state index contributed by atoms with van der Waals surface area (Å²) in [6, 6.07) is 0. The normalized spacial score (nSPS) is 14.0. The van der Waals surface area contributed by atoms with Crippen LogP contribution in [0.25, 0.3) is 0 Å². The molecule has 0 amide bonds. The number of phosphoric acid groups is 2. The third kappa shape index (κ3) is 80.7. The Bertz CT molecular complexity index is 2070. The number of aliphatic hydroxyl groups excluding tert-OH is 1. The van der Waals surface area contributed by atoms with Crippen molar-refractivity contribution in [2.24, 2.45) is 11.8 Å². The molecule has 108 heavy (non-hydrogen) atoms. The summed E-state index contributed by atoms with van der Waals surface area (Å²) in [6.07, 6.45) is 74.2. The van der Waals surface area contributed by atoms with E-state index in [2.05, 4.69) is 41.5 Å². The minimum Gasteiger partial charge on any atom is -0.462 e. The quantitative estimate of drug-likeness (QED) is 0.0222. The third-order valence-corrected chi connectivity index (χ3v) is 23.2. The molecule has 6 atom stereocenters. The molecule has 0 aliphatic carbocycles. The molecule has 0 saturated carbocycles. The van der Waals surface area contributed by atoms with Crippen LogP contribution in [-0.2, 0) is 65.4 Å². The largest absolute Gasteiger partial charge is 0.472 e. The van der Waals surface area contributed by atoms with Crippen molar-refractivity contribution in [1.29, 1.82) is 0 Å². The minimum absolute atomic E-state index is 0.108. The average molecular weight is 1580 g/mol. The van der Waals surface area contributed by atoms with E-state index < -0.39 is 97.5 Å². The van der Waals surface area contributed by atoms with Gasteiger partial charge in [0, 0.05) is 25.7 Å². The number of rotatable bonds is 88. The molecule has 19 heteroatoms. The number of carbonyl (C=O) groups excluding carboxylic acids is 4. The third-order valence-electron chi connectivity index (χ3n) is 21.3. The summed E-state index contributed by atoms with van der Waals surface area (Å²) in [5.74, 6) is -0.417. The van der Waals surface area contributed by atoms with Crippen molar-refractivity contribution in [1.82, 2.24) is 0 Å². The van der Waals surface area contributed by atoms with Gasteiger partial charge < -0.3 is 33.8 Å². The standard InChI is InChI=1S/C89H174O17P2/c1-7-10-12-14-15-16-17-18-19-20-21-22-30-35-40-45-50-55-61-67-73-88(93)105-84(77-99-86(91)71-65-57-13-11-8-2)79-103-107(95,96)101-75-83(90)76-102-108(97,98)104-80-85(78-100-87(92)72-66-60-54-49-44-39-34-29-25-23-27-32-37-42-47-52-58-63-69-81(4)5)106-89(94)74-68-62-56-51-46-41-36-31-26-24-28-33-38-43-48-53-59-64-70-82(6)9-3/h81-85,90H,7-80H2,1-6H3,(H,95,96)(H,97,98)/t82?,83-,84+,85+/m0/s1. The summed E-state index contributed by atoms with van der Waals surface area (Å²) in [7, 11) is -9.92. The molecule has 3 N–H and O–H groups in total. The van der Waals surface area contributed by atoms with Gasteiger partial charge in [0.2, 0.25) is 0 Å². The number of aliphatic hydroxyl groups is 1. The molecule has 17 nitrogen and oxygen atoms in total. The summed E-state index contributed by atoms with van der Waals surface area (Å²) in [5.41, 5.74) is 0. The maximum atomic E-state index is 13.1. The molecule has 0 aromatic rings. The molecule has 0 heterocycles. The van der Waals surface area contributed by atoms with Crippen LogP contribution in [0.5, 0.6) is 0 Å². The predicted octanol–water partition coefficient (Wildman–Crippen LogP) is 27.4. The Kier molecular flexibility index (Phi) is 78.8. The zero-order valence-corrected chi connectivity index (χ0v) is 73.0. The van der Waals surface area contributed by atoms with Crippen LogP contribution in [0.4, 0.5) is 0 Å². The first-order valence-corrected chi connectivity index (χ1v) is 49.0. The zero-order valence-electron chi connectivity index (χ0n) is 71.2. The van der Waals surface area contributed by atoms with Crippen molar-refractivity contribution in [2.45, 2.75) is 496 Å². The van der Waals surface area contributed by atoms with Crippen LogP contribution >= 0.6 is 15.6 Å². The van der Waals surface area contributed by atoms with Crippen LogP contribution in [0.15, 0.2) is 0 Å². The van der Waals surface area contributed by atoms with Gasteiger partial charge in [-0.25, -0.2) is 9.13 Å². The van der Waals surface area contributed by atoms with Crippen LogP contribution < -0.4 is 0 Å². The molecule has 0 saturated heterocycles. The molecule has 0 aromatic heterocycles. The molecule has 0 spiro atoms. The van der Waals surface area contributed by atoms with Gasteiger partial charge in [0.1, 0.15) is 19.3 Å². The van der Waals surface area contributed by atoms with Crippen LogP contribution in [0, 0.1) is 11.8 Å².